The Kier molecular flexibility index (Phi) is 9.40. The molecule has 4 aromatic rings. The summed E-state index contributed by atoms with van der Waals surface area (Å²) in [6.07, 6.45) is -0.357. The van der Waals surface area contributed by atoms with E-state index >= 15 is 0 Å². The number of nitrogens with one attached hydrogen (secondary N) is 3. The summed E-state index contributed by atoms with van der Waals surface area (Å²) >= 11 is 5.96. The standard InChI is InChI=1S/C31H29ClF3N5O4/c32-20-8-4-18(5-9-20)15-26(29(36)41)40-30(42)23-3-1-2-22-24(12-13-43-28(22)23)39-25(27-16-37-17-38-27)14-19-6-10-21(11-7-19)44-31(33,34)35/h1-11,16-17,24-26,39H,12-15H2,(H2,36,41)(H,37,38)(H,40,42)/t24?,25-,26-/m0/s1. The molecule has 0 aliphatic carbocycles. The minimum Gasteiger partial charge on any atom is -0.492 e. The normalized spacial score (nSPS) is 15.9. The number of halogens is 4. The number of amides is 2. The van der Waals surface area contributed by atoms with Crippen molar-refractivity contribution in [1.82, 2.24) is 20.6 Å². The van der Waals surface area contributed by atoms with E-state index in [0.29, 0.717) is 30.2 Å². The number of aromatic nitrogens is 2. The highest BCUT2D eigenvalue weighted by atomic mass is 35.5. The summed E-state index contributed by atoms with van der Waals surface area (Å²) in [4.78, 5) is 32.9. The van der Waals surface area contributed by atoms with Crippen LogP contribution in [-0.2, 0) is 17.6 Å². The Morgan fingerprint density at radius 2 is 1.77 bits per heavy atom. The van der Waals surface area contributed by atoms with Gasteiger partial charge in [0.25, 0.3) is 5.91 Å². The maximum absolute atomic E-state index is 13.4. The fourth-order valence-electron chi connectivity index (χ4n) is 5.11. The zero-order chi connectivity index (χ0) is 31.3. The van der Waals surface area contributed by atoms with Crippen molar-refractivity contribution in [2.24, 2.45) is 5.73 Å². The molecule has 5 rings (SSSR count). The Morgan fingerprint density at radius 1 is 1.07 bits per heavy atom. The quantitative estimate of drug-likeness (QED) is 0.181. The van der Waals surface area contributed by atoms with Crippen LogP contribution in [0.4, 0.5) is 13.2 Å². The van der Waals surface area contributed by atoms with E-state index in [2.05, 4.69) is 25.3 Å². The van der Waals surface area contributed by atoms with Gasteiger partial charge in [-0.1, -0.05) is 48.0 Å². The molecule has 44 heavy (non-hydrogen) atoms. The summed E-state index contributed by atoms with van der Waals surface area (Å²) in [6, 6.07) is 16.3. The van der Waals surface area contributed by atoms with Crippen LogP contribution in [0.2, 0.25) is 5.02 Å². The molecule has 3 atom stereocenters. The summed E-state index contributed by atoms with van der Waals surface area (Å²) in [5.41, 5.74) is 8.94. The number of ether oxygens (including phenoxy) is 2. The van der Waals surface area contributed by atoms with Crippen LogP contribution >= 0.6 is 11.6 Å². The summed E-state index contributed by atoms with van der Waals surface area (Å²) in [5, 5.41) is 6.88. The first-order valence-electron chi connectivity index (χ1n) is 13.7. The molecule has 0 bridgehead atoms. The minimum absolute atomic E-state index is 0.188. The van der Waals surface area contributed by atoms with Crippen LogP contribution in [0.5, 0.6) is 11.5 Å². The number of para-hydroxylation sites is 1. The monoisotopic (exact) mass is 627 g/mol. The SMILES string of the molecule is NC(=O)[C@H](Cc1ccc(Cl)cc1)NC(=O)c1cccc2c1OCCC2N[C@@H](Cc1ccc(OC(F)(F)F)cc1)c1cnc[nH]1. The second-order valence-corrected chi connectivity index (χ2v) is 10.7. The van der Waals surface area contributed by atoms with E-state index in [1.54, 1.807) is 61.1 Å². The van der Waals surface area contributed by atoms with Crippen LogP contribution in [0.1, 0.15) is 51.2 Å². The first-order valence-corrected chi connectivity index (χ1v) is 14.1. The number of aromatic amines is 1. The molecule has 0 saturated heterocycles. The van der Waals surface area contributed by atoms with Crippen molar-refractivity contribution < 1.29 is 32.2 Å². The number of imidazole rings is 1. The Hall–Kier alpha value is -4.55. The molecule has 0 saturated carbocycles. The van der Waals surface area contributed by atoms with Gasteiger partial charge < -0.3 is 30.8 Å². The molecular weight excluding hydrogens is 599 g/mol. The number of benzene rings is 3. The van der Waals surface area contributed by atoms with Crippen LogP contribution in [0.25, 0.3) is 0 Å². The van der Waals surface area contributed by atoms with Gasteiger partial charge in [0.05, 0.1) is 30.2 Å². The number of carbonyl (C=O) groups is 2. The lowest BCUT2D eigenvalue weighted by atomic mass is 9.94. The molecule has 5 N–H and O–H groups in total. The van der Waals surface area contributed by atoms with Crippen molar-refractivity contribution in [2.75, 3.05) is 6.61 Å². The lowest BCUT2D eigenvalue weighted by Crippen LogP contribution is -2.46. The van der Waals surface area contributed by atoms with E-state index in [-0.39, 0.29) is 29.8 Å². The van der Waals surface area contributed by atoms with Gasteiger partial charge in [-0.2, -0.15) is 0 Å². The number of hydrogen-bond donors (Lipinski definition) is 4. The molecule has 13 heteroatoms. The Labute approximate surface area is 255 Å². The van der Waals surface area contributed by atoms with E-state index in [1.807, 2.05) is 6.07 Å². The molecule has 0 fully saturated rings. The molecule has 1 aliphatic heterocycles. The molecule has 2 amide bonds. The first kappa shape index (κ1) is 30.9. The predicted octanol–water partition coefficient (Wildman–Crippen LogP) is 5.19. The zero-order valence-corrected chi connectivity index (χ0v) is 24.0. The topological polar surface area (TPSA) is 131 Å². The average molecular weight is 628 g/mol. The van der Waals surface area contributed by atoms with Crippen molar-refractivity contribution in [1.29, 1.82) is 0 Å². The second kappa shape index (κ2) is 13.4. The third kappa shape index (κ3) is 7.88. The van der Waals surface area contributed by atoms with Crippen LogP contribution in [0.15, 0.2) is 79.3 Å². The van der Waals surface area contributed by atoms with E-state index in [0.717, 1.165) is 22.4 Å². The molecule has 1 unspecified atom stereocenters. The van der Waals surface area contributed by atoms with Crippen LogP contribution in [0, 0.1) is 0 Å². The van der Waals surface area contributed by atoms with Gasteiger partial charge in [-0.25, -0.2) is 4.98 Å². The highest BCUT2D eigenvalue weighted by molar-refractivity contribution is 6.30. The van der Waals surface area contributed by atoms with Crippen molar-refractivity contribution in [3.63, 3.8) is 0 Å². The van der Waals surface area contributed by atoms with Gasteiger partial charge in [0, 0.05) is 35.7 Å². The molecule has 2 heterocycles. The first-order chi connectivity index (χ1) is 21.1. The number of hydrogen-bond acceptors (Lipinski definition) is 6. The van der Waals surface area contributed by atoms with E-state index in [9.17, 15) is 22.8 Å². The number of primary amides is 1. The molecule has 1 aliphatic rings. The molecule has 0 radical (unpaired) electrons. The maximum atomic E-state index is 13.4. The van der Waals surface area contributed by atoms with Gasteiger partial charge in [-0.15, -0.1) is 13.2 Å². The minimum atomic E-state index is -4.77. The van der Waals surface area contributed by atoms with Crippen molar-refractivity contribution in [3.05, 3.63) is 112 Å². The second-order valence-electron chi connectivity index (χ2n) is 10.3. The Bertz CT molecular complexity index is 1580. The van der Waals surface area contributed by atoms with Crippen molar-refractivity contribution >= 4 is 23.4 Å². The predicted molar refractivity (Wildman–Crippen MR) is 156 cm³/mol. The highest BCUT2D eigenvalue weighted by Crippen LogP contribution is 2.37. The number of alkyl halides is 3. The van der Waals surface area contributed by atoms with Gasteiger partial charge in [-0.3, -0.25) is 9.59 Å². The van der Waals surface area contributed by atoms with E-state index in [1.165, 1.54) is 12.1 Å². The fraction of sp³-hybridized carbons (Fsp3) is 0.258. The molecule has 230 valence electrons. The van der Waals surface area contributed by atoms with Crippen LogP contribution < -0.4 is 25.8 Å². The van der Waals surface area contributed by atoms with Gasteiger partial charge in [0.1, 0.15) is 17.5 Å². The molecular formula is C31H29ClF3N5O4. The largest absolute Gasteiger partial charge is 0.573 e. The van der Waals surface area contributed by atoms with E-state index < -0.39 is 24.2 Å². The number of carbonyl (C=O) groups excluding carboxylic acids is 2. The summed E-state index contributed by atoms with van der Waals surface area (Å²) < 4.78 is 47.7. The summed E-state index contributed by atoms with van der Waals surface area (Å²) in [6.45, 7) is 0.318. The number of rotatable bonds is 11. The van der Waals surface area contributed by atoms with E-state index in [4.69, 9.17) is 22.1 Å². The van der Waals surface area contributed by atoms with Gasteiger partial charge in [-0.05, 0) is 47.9 Å². The number of H-pyrrole nitrogens is 1. The fourth-order valence-corrected chi connectivity index (χ4v) is 5.24. The van der Waals surface area contributed by atoms with Gasteiger partial charge >= 0.3 is 6.36 Å². The maximum Gasteiger partial charge on any atom is 0.573 e. The average Bonchev–Trinajstić information content (AvgIpc) is 3.53. The Balaban J connectivity index is 1.33. The summed E-state index contributed by atoms with van der Waals surface area (Å²) in [5.74, 6) is -1.10. The van der Waals surface area contributed by atoms with Crippen LogP contribution in [0.3, 0.4) is 0 Å². The lowest BCUT2D eigenvalue weighted by Gasteiger charge is -2.31. The van der Waals surface area contributed by atoms with Crippen LogP contribution in [-0.4, -0.2) is 40.8 Å². The molecule has 3 aromatic carbocycles. The third-order valence-electron chi connectivity index (χ3n) is 7.21. The lowest BCUT2D eigenvalue weighted by molar-refractivity contribution is -0.274. The Morgan fingerprint density at radius 3 is 2.43 bits per heavy atom. The number of nitrogens with zero attached hydrogens (tertiary/aromatic N) is 1. The zero-order valence-electron chi connectivity index (χ0n) is 23.2. The third-order valence-corrected chi connectivity index (χ3v) is 7.47. The summed E-state index contributed by atoms with van der Waals surface area (Å²) in [7, 11) is 0. The van der Waals surface area contributed by atoms with Gasteiger partial charge in [0.2, 0.25) is 5.91 Å². The smallest absolute Gasteiger partial charge is 0.492 e. The molecule has 1 aromatic heterocycles. The molecule has 0 spiro atoms. The van der Waals surface area contributed by atoms with Crippen molar-refractivity contribution in [3.8, 4) is 11.5 Å². The molecule has 9 nitrogen and oxygen atoms in total. The van der Waals surface area contributed by atoms with Gasteiger partial charge in [0.15, 0.2) is 0 Å². The number of fused-ring (bicyclic) bond motifs is 1. The van der Waals surface area contributed by atoms with Crippen molar-refractivity contribution in [2.45, 2.75) is 43.8 Å². The highest BCUT2D eigenvalue weighted by Gasteiger charge is 2.32. The number of nitrogens with two attached hydrogens (primary N) is 1.